The minimum atomic E-state index is 0.127. The molecule has 1 atom stereocenters. The van der Waals surface area contributed by atoms with Gasteiger partial charge >= 0.3 is 0 Å². The molecule has 0 amide bonds. The Morgan fingerprint density at radius 3 is 2.71 bits per heavy atom. The van der Waals surface area contributed by atoms with Crippen LogP contribution in [-0.4, -0.2) is 11.0 Å². The van der Waals surface area contributed by atoms with Crippen molar-refractivity contribution >= 4 is 17.5 Å². The summed E-state index contributed by atoms with van der Waals surface area (Å²) in [5, 5.41) is 0.127. The van der Waals surface area contributed by atoms with Crippen molar-refractivity contribution in [3.63, 3.8) is 0 Å². The third kappa shape index (κ3) is 2.26. The zero-order chi connectivity index (χ0) is 9.80. The van der Waals surface area contributed by atoms with Gasteiger partial charge in [0.1, 0.15) is 0 Å². The smallest absolute Gasteiger partial charge is 0.168 e. The second kappa shape index (κ2) is 4.47. The number of rotatable bonds is 2. The maximum Gasteiger partial charge on any atom is 0.168 e. The summed E-state index contributed by atoms with van der Waals surface area (Å²) < 4.78 is 0. The Morgan fingerprint density at radius 2 is 2.00 bits per heavy atom. The van der Waals surface area contributed by atoms with Crippen molar-refractivity contribution in [2.75, 3.05) is 0 Å². The molecule has 1 aromatic carbocycles. The van der Waals surface area contributed by atoms with E-state index in [1.807, 2.05) is 24.3 Å². The normalized spacial score (nSPS) is 21.1. The van der Waals surface area contributed by atoms with Crippen molar-refractivity contribution in [1.29, 1.82) is 0 Å². The van der Waals surface area contributed by atoms with Gasteiger partial charge < -0.3 is 0 Å². The van der Waals surface area contributed by atoms with E-state index in [2.05, 4.69) is 12.1 Å². The molecule has 0 aliphatic heterocycles. The molecule has 2 heteroatoms. The molecule has 1 unspecified atom stereocenters. The zero-order valence-corrected chi connectivity index (χ0v) is 8.67. The summed E-state index contributed by atoms with van der Waals surface area (Å²) in [5.74, 6) is 0.255. The van der Waals surface area contributed by atoms with Crippen LogP contribution in [0.25, 0.3) is 0 Å². The molecule has 0 heterocycles. The average molecular weight is 204 g/mol. The Hall–Kier alpha value is -1.02. The first-order valence-corrected chi connectivity index (χ1v) is 5.66. The Kier molecular flexibility index (Phi) is 3.04. The van der Waals surface area contributed by atoms with E-state index in [0.29, 0.717) is 0 Å². The average Bonchev–Trinajstić information content (AvgIpc) is 2.23. The first-order chi connectivity index (χ1) is 6.86. The predicted octanol–water partition coefficient (Wildman–Crippen LogP) is 3.07. The second-order valence-corrected chi connectivity index (χ2v) is 4.58. The Labute approximate surface area is 88.2 Å². The molecule has 0 aromatic heterocycles. The van der Waals surface area contributed by atoms with Crippen molar-refractivity contribution in [2.24, 2.45) is 0 Å². The van der Waals surface area contributed by atoms with Crippen LogP contribution in [0, 0.1) is 0 Å². The highest BCUT2D eigenvalue weighted by Crippen LogP contribution is 2.28. The molecule has 0 fully saturated rings. The van der Waals surface area contributed by atoms with Crippen molar-refractivity contribution < 1.29 is 4.79 Å². The van der Waals surface area contributed by atoms with Gasteiger partial charge in [0.25, 0.3) is 0 Å². The van der Waals surface area contributed by atoms with Gasteiger partial charge in [-0.1, -0.05) is 24.3 Å². The summed E-state index contributed by atoms with van der Waals surface area (Å²) >= 11 is 1.67. The van der Waals surface area contributed by atoms with Crippen molar-refractivity contribution in [3.05, 3.63) is 42.5 Å². The zero-order valence-electron chi connectivity index (χ0n) is 7.85. The van der Waals surface area contributed by atoms with E-state index in [0.717, 1.165) is 12.8 Å². The fourth-order valence-corrected chi connectivity index (χ4v) is 2.57. The number of thioether (sulfide) groups is 1. The van der Waals surface area contributed by atoms with Gasteiger partial charge in [0.05, 0.1) is 5.25 Å². The van der Waals surface area contributed by atoms with E-state index in [1.165, 1.54) is 4.90 Å². The lowest BCUT2D eigenvalue weighted by atomic mass is 10.1. The van der Waals surface area contributed by atoms with Crippen LogP contribution < -0.4 is 0 Å². The Bertz CT molecular complexity index is 343. The summed E-state index contributed by atoms with van der Waals surface area (Å²) in [7, 11) is 0. The van der Waals surface area contributed by atoms with Gasteiger partial charge in [-0.15, -0.1) is 11.8 Å². The van der Waals surface area contributed by atoms with E-state index in [1.54, 1.807) is 17.8 Å². The second-order valence-electron chi connectivity index (χ2n) is 3.30. The minimum Gasteiger partial charge on any atom is -0.294 e. The Balaban J connectivity index is 2.04. The molecule has 0 bridgehead atoms. The largest absolute Gasteiger partial charge is 0.294 e. The quantitative estimate of drug-likeness (QED) is 0.736. The van der Waals surface area contributed by atoms with Crippen LogP contribution in [0.5, 0.6) is 0 Å². The van der Waals surface area contributed by atoms with E-state index >= 15 is 0 Å². The summed E-state index contributed by atoms with van der Waals surface area (Å²) in [6.07, 6.45) is 5.67. The molecule has 1 aromatic rings. The number of benzene rings is 1. The third-order valence-corrected chi connectivity index (χ3v) is 3.51. The molecule has 0 N–H and O–H groups in total. The number of hydrogen-bond acceptors (Lipinski definition) is 2. The summed E-state index contributed by atoms with van der Waals surface area (Å²) in [6, 6.07) is 10.1. The number of allylic oxidation sites excluding steroid dienone is 2. The van der Waals surface area contributed by atoms with Crippen LogP contribution in [0.2, 0.25) is 0 Å². The van der Waals surface area contributed by atoms with Gasteiger partial charge in [-0.05, 0) is 31.1 Å². The molecule has 14 heavy (non-hydrogen) atoms. The van der Waals surface area contributed by atoms with Crippen LogP contribution in [0.4, 0.5) is 0 Å². The lowest BCUT2D eigenvalue weighted by Gasteiger charge is -2.15. The molecule has 2 rings (SSSR count). The molecule has 0 radical (unpaired) electrons. The van der Waals surface area contributed by atoms with Crippen molar-refractivity contribution in [1.82, 2.24) is 0 Å². The van der Waals surface area contributed by atoms with Crippen molar-refractivity contribution in [3.8, 4) is 0 Å². The van der Waals surface area contributed by atoms with Crippen LogP contribution in [0.15, 0.2) is 47.4 Å². The highest BCUT2D eigenvalue weighted by Gasteiger charge is 2.19. The monoisotopic (exact) mass is 204 g/mol. The standard InChI is InChI=1S/C12H12OS/c13-11-8-4-5-9-12(11)14-10-6-2-1-3-7-10/h1-4,6-8,12H,5,9H2. The first kappa shape index (κ1) is 9.53. The highest BCUT2D eigenvalue weighted by atomic mass is 32.2. The molecule has 72 valence electrons. The van der Waals surface area contributed by atoms with Gasteiger partial charge in [0.2, 0.25) is 0 Å². The number of hydrogen-bond donors (Lipinski definition) is 0. The van der Waals surface area contributed by atoms with E-state index in [-0.39, 0.29) is 11.0 Å². The number of carbonyl (C=O) groups is 1. The maximum absolute atomic E-state index is 11.5. The fourth-order valence-electron chi connectivity index (χ4n) is 1.48. The van der Waals surface area contributed by atoms with Crippen LogP contribution in [0.1, 0.15) is 12.8 Å². The molecule has 0 spiro atoms. The molecular formula is C12H12OS. The summed E-state index contributed by atoms with van der Waals surface area (Å²) in [6.45, 7) is 0. The van der Waals surface area contributed by atoms with Crippen LogP contribution in [0.3, 0.4) is 0 Å². The highest BCUT2D eigenvalue weighted by molar-refractivity contribution is 8.00. The van der Waals surface area contributed by atoms with Gasteiger partial charge in [-0.3, -0.25) is 4.79 Å². The number of ketones is 1. The maximum atomic E-state index is 11.5. The first-order valence-electron chi connectivity index (χ1n) is 4.78. The molecule has 0 saturated heterocycles. The van der Waals surface area contributed by atoms with E-state index in [4.69, 9.17) is 0 Å². The summed E-state index contributed by atoms with van der Waals surface area (Å²) in [4.78, 5) is 12.7. The molecule has 0 saturated carbocycles. The van der Waals surface area contributed by atoms with Gasteiger partial charge in [0.15, 0.2) is 5.78 Å². The van der Waals surface area contributed by atoms with Crippen LogP contribution >= 0.6 is 11.8 Å². The SMILES string of the molecule is O=C1C=CCCC1Sc1ccccc1. The topological polar surface area (TPSA) is 17.1 Å². The lowest BCUT2D eigenvalue weighted by Crippen LogP contribution is -2.17. The minimum absolute atomic E-state index is 0.127. The summed E-state index contributed by atoms with van der Waals surface area (Å²) in [5.41, 5.74) is 0. The van der Waals surface area contributed by atoms with Crippen molar-refractivity contribution in [2.45, 2.75) is 23.0 Å². The Morgan fingerprint density at radius 1 is 1.21 bits per heavy atom. The van der Waals surface area contributed by atoms with Crippen LogP contribution in [-0.2, 0) is 4.79 Å². The van der Waals surface area contributed by atoms with Gasteiger partial charge in [-0.25, -0.2) is 0 Å². The number of carbonyl (C=O) groups excluding carboxylic acids is 1. The van der Waals surface area contributed by atoms with E-state index < -0.39 is 0 Å². The predicted molar refractivity (Wildman–Crippen MR) is 59.5 cm³/mol. The van der Waals surface area contributed by atoms with Gasteiger partial charge in [-0.2, -0.15) is 0 Å². The van der Waals surface area contributed by atoms with E-state index in [9.17, 15) is 4.79 Å². The molecule has 1 nitrogen and oxygen atoms in total. The molecule has 1 aliphatic carbocycles. The van der Waals surface area contributed by atoms with Gasteiger partial charge in [0, 0.05) is 4.90 Å². The molecule has 1 aliphatic rings. The lowest BCUT2D eigenvalue weighted by molar-refractivity contribution is -0.114. The third-order valence-electron chi connectivity index (χ3n) is 2.22. The molecular weight excluding hydrogens is 192 g/mol. The fraction of sp³-hybridized carbons (Fsp3) is 0.250.